The average molecular weight is 343 g/mol. The van der Waals surface area contributed by atoms with Gasteiger partial charge in [0.1, 0.15) is 11.6 Å². The van der Waals surface area contributed by atoms with Gasteiger partial charge in [0.25, 0.3) is 0 Å². The Morgan fingerprint density at radius 3 is 2.52 bits per heavy atom. The molecule has 0 aliphatic rings. The largest absolute Gasteiger partial charge is 0.340 e. The van der Waals surface area contributed by atoms with E-state index in [4.69, 9.17) is 0 Å². The van der Waals surface area contributed by atoms with Crippen LogP contribution in [0.5, 0.6) is 0 Å². The van der Waals surface area contributed by atoms with Crippen LogP contribution < -0.4 is 5.32 Å². The number of hydrogen-bond donors (Lipinski definition) is 1. The molecule has 0 unspecified atom stereocenters. The van der Waals surface area contributed by atoms with Gasteiger partial charge in [0.2, 0.25) is 0 Å². The fourth-order valence-electron chi connectivity index (χ4n) is 2.43. The normalized spacial score (nSPS) is 10.8. The highest BCUT2D eigenvalue weighted by atomic mass is 19.2. The summed E-state index contributed by atoms with van der Waals surface area (Å²) in [6.45, 7) is 4.93. The van der Waals surface area contributed by atoms with Gasteiger partial charge in [0, 0.05) is 17.8 Å². The molecule has 128 valence electrons. The van der Waals surface area contributed by atoms with E-state index in [1.807, 2.05) is 0 Å². The molecule has 0 aliphatic carbocycles. The predicted octanol–water partition coefficient (Wildman–Crippen LogP) is 3.50. The van der Waals surface area contributed by atoms with Crippen LogP contribution in [0.2, 0.25) is 0 Å². The molecule has 0 fully saturated rings. The molecule has 0 saturated carbocycles. The molecule has 8 heteroatoms. The SMILES string of the molecule is CC(=O)c1cnn(-c2cc(Nc3ccc(F)c(F)c3)nc(C)n2)c1C. The molecule has 0 amide bonds. The van der Waals surface area contributed by atoms with Gasteiger partial charge in [-0.05, 0) is 32.9 Å². The van der Waals surface area contributed by atoms with Crippen molar-refractivity contribution >= 4 is 17.3 Å². The third kappa shape index (κ3) is 3.37. The highest BCUT2D eigenvalue weighted by Gasteiger charge is 2.14. The second kappa shape index (κ2) is 6.39. The Morgan fingerprint density at radius 2 is 1.88 bits per heavy atom. The Morgan fingerprint density at radius 1 is 1.12 bits per heavy atom. The number of ketones is 1. The molecule has 3 aromatic rings. The number of anilines is 2. The summed E-state index contributed by atoms with van der Waals surface area (Å²) in [7, 11) is 0. The number of nitrogens with zero attached hydrogens (tertiary/aromatic N) is 4. The highest BCUT2D eigenvalue weighted by molar-refractivity contribution is 5.95. The van der Waals surface area contributed by atoms with Crippen LogP contribution in [-0.4, -0.2) is 25.5 Å². The minimum atomic E-state index is -0.954. The van der Waals surface area contributed by atoms with Crippen LogP contribution in [0.25, 0.3) is 5.82 Å². The Balaban J connectivity index is 1.98. The van der Waals surface area contributed by atoms with Gasteiger partial charge < -0.3 is 5.32 Å². The molecule has 0 spiro atoms. The minimum Gasteiger partial charge on any atom is -0.340 e. The zero-order chi connectivity index (χ0) is 18.1. The second-order valence-electron chi connectivity index (χ2n) is 5.52. The molecule has 1 aromatic carbocycles. The van der Waals surface area contributed by atoms with E-state index in [1.54, 1.807) is 19.9 Å². The summed E-state index contributed by atoms with van der Waals surface area (Å²) < 4.78 is 27.9. The van der Waals surface area contributed by atoms with Gasteiger partial charge in [0.05, 0.1) is 17.5 Å². The van der Waals surface area contributed by atoms with Gasteiger partial charge in [-0.15, -0.1) is 0 Å². The number of Topliss-reactive ketones (excluding diaryl/α,β-unsaturated/α-hetero) is 1. The van der Waals surface area contributed by atoms with Crippen LogP contribution in [0.1, 0.15) is 28.8 Å². The number of halogens is 2. The first-order valence-corrected chi connectivity index (χ1v) is 7.49. The number of carbonyl (C=O) groups excluding carboxylic acids is 1. The maximum absolute atomic E-state index is 13.3. The summed E-state index contributed by atoms with van der Waals surface area (Å²) in [4.78, 5) is 20.1. The first-order chi connectivity index (χ1) is 11.8. The van der Waals surface area contributed by atoms with Gasteiger partial charge >= 0.3 is 0 Å². The van der Waals surface area contributed by atoms with Gasteiger partial charge in [-0.2, -0.15) is 5.10 Å². The lowest BCUT2D eigenvalue weighted by Gasteiger charge is -2.10. The van der Waals surface area contributed by atoms with E-state index in [2.05, 4.69) is 20.4 Å². The van der Waals surface area contributed by atoms with Crippen molar-refractivity contribution < 1.29 is 13.6 Å². The van der Waals surface area contributed by atoms with Gasteiger partial charge in [-0.3, -0.25) is 4.79 Å². The maximum atomic E-state index is 13.3. The van der Waals surface area contributed by atoms with Crippen LogP contribution in [0.3, 0.4) is 0 Å². The number of carbonyl (C=O) groups is 1. The molecule has 0 radical (unpaired) electrons. The molecular formula is C17H15F2N5O. The maximum Gasteiger partial charge on any atom is 0.163 e. The van der Waals surface area contributed by atoms with Crippen LogP contribution in [0, 0.1) is 25.5 Å². The molecule has 2 heterocycles. The molecule has 0 aliphatic heterocycles. The van der Waals surface area contributed by atoms with Crippen molar-refractivity contribution in [2.45, 2.75) is 20.8 Å². The van der Waals surface area contributed by atoms with E-state index in [1.165, 1.54) is 23.9 Å². The van der Waals surface area contributed by atoms with Crippen LogP contribution in [0.15, 0.2) is 30.5 Å². The van der Waals surface area contributed by atoms with E-state index in [-0.39, 0.29) is 5.78 Å². The predicted molar refractivity (Wildman–Crippen MR) is 88.3 cm³/mol. The lowest BCUT2D eigenvalue weighted by Crippen LogP contribution is -2.07. The fourth-order valence-corrected chi connectivity index (χ4v) is 2.43. The molecule has 0 atom stereocenters. The van der Waals surface area contributed by atoms with Gasteiger partial charge in [0.15, 0.2) is 23.2 Å². The Hall–Kier alpha value is -3.16. The van der Waals surface area contributed by atoms with Crippen molar-refractivity contribution in [1.82, 2.24) is 19.7 Å². The van der Waals surface area contributed by atoms with Crippen molar-refractivity contribution in [1.29, 1.82) is 0 Å². The quantitative estimate of drug-likeness (QED) is 0.734. The van der Waals surface area contributed by atoms with Crippen LogP contribution >= 0.6 is 0 Å². The van der Waals surface area contributed by atoms with Crippen molar-refractivity contribution in [3.8, 4) is 5.82 Å². The molecule has 0 saturated heterocycles. The monoisotopic (exact) mass is 343 g/mol. The summed E-state index contributed by atoms with van der Waals surface area (Å²) in [5.74, 6) is -0.647. The standard InChI is InChI=1S/C17H15F2N5O/c1-9-13(10(2)25)8-20-24(9)17-7-16(21-11(3)22-17)23-12-4-5-14(18)15(19)6-12/h4-8H,1-3H3,(H,21,22,23). The number of aromatic nitrogens is 4. The Kier molecular flexibility index (Phi) is 4.26. The topological polar surface area (TPSA) is 72.7 Å². The third-order valence-corrected chi connectivity index (χ3v) is 3.62. The zero-order valence-electron chi connectivity index (χ0n) is 13.8. The number of aryl methyl sites for hydroxylation is 1. The minimum absolute atomic E-state index is 0.0883. The number of nitrogens with one attached hydrogen (secondary N) is 1. The molecule has 0 bridgehead atoms. The summed E-state index contributed by atoms with van der Waals surface area (Å²) in [5.41, 5.74) is 1.51. The van der Waals surface area contributed by atoms with Gasteiger partial charge in [-0.1, -0.05) is 0 Å². The Bertz CT molecular complexity index is 968. The molecule has 25 heavy (non-hydrogen) atoms. The second-order valence-corrected chi connectivity index (χ2v) is 5.52. The lowest BCUT2D eigenvalue weighted by atomic mass is 10.2. The summed E-state index contributed by atoms with van der Waals surface area (Å²) in [6, 6.07) is 5.09. The summed E-state index contributed by atoms with van der Waals surface area (Å²) in [5, 5.41) is 7.10. The lowest BCUT2D eigenvalue weighted by molar-refractivity contribution is 0.101. The van der Waals surface area contributed by atoms with Crippen molar-refractivity contribution in [2.75, 3.05) is 5.32 Å². The highest BCUT2D eigenvalue weighted by Crippen LogP contribution is 2.20. The molecule has 1 N–H and O–H groups in total. The van der Waals surface area contributed by atoms with E-state index < -0.39 is 11.6 Å². The fraction of sp³-hybridized carbons (Fsp3) is 0.176. The van der Waals surface area contributed by atoms with E-state index in [0.29, 0.717) is 34.4 Å². The first kappa shape index (κ1) is 16.7. The molecule has 6 nitrogen and oxygen atoms in total. The zero-order valence-corrected chi connectivity index (χ0v) is 13.8. The summed E-state index contributed by atoms with van der Waals surface area (Å²) >= 11 is 0. The van der Waals surface area contributed by atoms with Crippen molar-refractivity contribution in [3.05, 3.63) is 59.2 Å². The number of hydrogen-bond acceptors (Lipinski definition) is 5. The smallest absolute Gasteiger partial charge is 0.163 e. The first-order valence-electron chi connectivity index (χ1n) is 7.49. The molecule has 2 aromatic heterocycles. The number of benzene rings is 1. The van der Waals surface area contributed by atoms with E-state index in [9.17, 15) is 13.6 Å². The van der Waals surface area contributed by atoms with Crippen molar-refractivity contribution in [3.63, 3.8) is 0 Å². The summed E-state index contributed by atoms with van der Waals surface area (Å²) in [6.07, 6.45) is 1.48. The number of rotatable bonds is 4. The van der Waals surface area contributed by atoms with E-state index >= 15 is 0 Å². The molecule has 3 rings (SSSR count). The van der Waals surface area contributed by atoms with Crippen LogP contribution in [0.4, 0.5) is 20.3 Å². The Labute approximate surface area is 142 Å². The average Bonchev–Trinajstić information content (AvgIpc) is 2.92. The third-order valence-electron chi connectivity index (χ3n) is 3.62. The molecular weight excluding hydrogens is 328 g/mol. The van der Waals surface area contributed by atoms with Gasteiger partial charge in [-0.25, -0.2) is 23.4 Å². The van der Waals surface area contributed by atoms with Crippen LogP contribution in [-0.2, 0) is 0 Å². The van der Waals surface area contributed by atoms with Crippen molar-refractivity contribution in [2.24, 2.45) is 0 Å². The van der Waals surface area contributed by atoms with E-state index in [0.717, 1.165) is 12.1 Å².